The maximum atomic E-state index is 13.4. The van der Waals surface area contributed by atoms with Crippen molar-refractivity contribution in [3.8, 4) is 0 Å². The van der Waals surface area contributed by atoms with Gasteiger partial charge in [0.15, 0.2) is 0 Å². The minimum absolute atomic E-state index is 0.275. The van der Waals surface area contributed by atoms with Crippen molar-refractivity contribution in [3.63, 3.8) is 0 Å². The highest BCUT2D eigenvalue weighted by atomic mass is 19.1. The van der Waals surface area contributed by atoms with Gasteiger partial charge < -0.3 is 0 Å². The molecule has 0 saturated heterocycles. The summed E-state index contributed by atoms with van der Waals surface area (Å²) in [6.45, 7) is 6.00. The zero-order valence-electron chi connectivity index (χ0n) is 10.6. The molecule has 0 radical (unpaired) electrons. The molecule has 0 spiro atoms. The number of para-hydroxylation sites is 1. The van der Waals surface area contributed by atoms with E-state index in [0.29, 0.717) is 0 Å². The molecule has 2 aromatic carbocycles. The Morgan fingerprint density at radius 2 is 1.84 bits per heavy atom. The van der Waals surface area contributed by atoms with E-state index in [-0.39, 0.29) is 5.82 Å². The maximum absolute atomic E-state index is 13.4. The predicted molar refractivity (Wildman–Crippen MR) is 77.1 cm³/mol. The Morgan fingerprint density at radius 1 is 1.11 bits per heavy atom. The number of aliphatic imine (C=N–C) groups is 1. The summed E-state index contributed by atoms with van der Waals surface area (Å²) in [6, 6.07) is 14.4. The van der Waals surface area contributed by atoms with Gasteiger partial charge in [0.05, 0.1) is 5.69 Å². The van der Waals surface area contributed by atoms with Gasteiger partial charge in [0.2, 0.25) is 0 Å². The molecule has 2 nitrogen and oxygen atoms in total. The van der Waals surface area contributed by atoms with Crippen LogP contribution in [0.3, 0.4) is 0 Å². The third-order valence-corrected chi connectivity index (χ3v) is 3.16. The van der Waals surface area contributed by atoms with Crippen LogP contribution in [0.1, 0.15) is 12.5 Å². The molecule has 3 rings (SSSR count). The van der Waals surface area contributed by atoms with E-state index in [0.717, 1.165) is 28.5 Å². The van der Waals surface area contributed by atoms with Crippen LogP contribution in [0.2, 0.25) is 0 Å². The molecule has 1 aliphatic heterocycles. The summed E-state index contributed by atoms with van der Waals surface area (Å²) >= 11 is 0. The molecule has 0 aromatic heterocycles. The van der Waals surface area contributed by atoms with Crippen LogP contribution in [-0.2, 0) is 0 Å². The van der Waals surface area contributed by atoms with Crippen molar-refractivity contribution in [1.29, 1.82) is 0 Å². The number of hydrogen-bond donors (Lipinski definition) is 0. The van der Waals surface area contributed by atoms with Crippen molar-refractivity contribution in [2.45, 2.75) is 6.92 Å². The van der Waals surface area contributed by atoms with Gasteiger partial charge in [-0.05, 0) is 37.3 Å². The third kappa shape index (κ3) is 1.93. The fraction of sp³-hybridized carbons (Fsp3) is 0.0625. The van der Waals surface area contributed by atoms with Gasteiger partial charge in [0, 0.05) is 16.9 Å². The van der Waals surface area contributed by atoms with Crippen molar-refractivity contribution < 1.29 is 4.39 Å². The average Bonchev–Trinajstić information content (AvgIpc) is 2.41. The van der Waals surface area contributed by atoms with E-state index in [1.807, 2.05) is 42.2 Å². The molecule has 19 heavy (non-hydrogen) atoms. The molecule has 0 unspecified atom stereocenters. The molecule has 0 aliphatic carbocycles. The monoisotopic (exact) mass is 252 g/mol. The van der Waals surface area contributed by atoms with Crippen LogP contribution in [-0.4, -0.2) is 5.84 Å². The van der Waals surface area contributed by atoms with E-state index < -0.39 is 0 Å². The highest BCUT2D eigenvalue weighted by Gasteiger charge is 2.22. The topological polar surface area (TPSA) is 15.6 Å². The Labute approximate surface area is 111 Å². The first-order chi connectivity index (χ1) is 9.16. The van der Waals surface area contributed by atoms with E-state index in [4.69, 9.17) is 0 Å². The van der Waals surface area contributed by atoms with E-state index in [2.05, 4.69) is 11.6 Å². The number of amidine groups is 1. The molecule has 0 atom stereocenters. The normalized spacial score (nSPS) is 14.1. The SMILES string of the molecule is C=C1c2cc(F)ccc2N=C(C)N1c1ccccc1. The largest absolute Gasteiger partial charge is 0.299 e. The van der Waals surface area contributed by atoms with Crippen LogP contribution >= 0.6 is 0 Å². The molecule has 3 heteroatoms. The van der Waals surface area contributed by atoms with E-state index in [1.165, 1.54) is 12.1 Å². The van der Waals surface area contributed by atoms with Crippen LogP contribution in [0.15, 0.2) is 60.1 Å². The second-order valence-corrected chi connectivity index (χ2v) is 4.44. The number of rotatable bonds is 1. The van der Waals surface area contributed by atoms with Crippen molar-refractivity contribution >= 4 is 22.9 Å². The number of hydrogen-bond acceptors (Lipinski definition) is 2. The number of fused-ring (bicyclic) bond motifs is 1. The quantitative estimate of drug-likeness (QED) is 0.736. The van der Waals surface area contributed by atoms with Gasteiger partial charge in [0.1, 0.15) is 11.7 Å². The lowest BCUT2D eigenvalue weighted by molar-refractivity contribution is 0.627. The van der Waals surface area contributed by atoms with E-state index in [1.54, 1.807) is 6.07 Å². The number of anilines is 1. The second kappa shape index (κ2) is 4.35. The molecular weight excluding hydrogens is 239 g/mol. The molecule has 2 aromatic rings. The fourth-order valence-corrected chi connectivity index (χ4v) is 2.30. The fourth-order valence-electron chi connectivity index (χ4n) is 2.30. The number of nitrogens with zero attached hydrogens (tertiary/aromatic N) is 2. The van der Waals surface area contributed by atoms with Crippen molar-refractivity contribution in [2.75, 3.05) is 4.90 Å². The number of halogens is 1. The molecule has 0 N–H and O–H groups in total. The molecule has 0 bridgehead atoms. The smallest absolute Gasteiger partial charge is 0.124 e. The van der Waals surface area contributed by atoms with Gasteiger partial charge in [-0.15, -0.1) is 0 Å². The summed E-state index contributed by atoms with van der Waals surface area (Å²) in [5.41, 5.74) is 3.21. The van der Waals surface area contributed by atoms with Gasteiger partial charge in [-0.25, -0.2) is 9.38 Å². The molecular formula is C16H13FN2. The average molecular weight is 252 g/mol. The van der Waals surface area contributed by atoms with Crippen molar-refractivity contribution in [2.24, 2.45) is 4.99 Å². The summed E-state index contributed by atoms with van der Waals surface area (Å²) in [4.78, 5) is 6.44. The summed E-state index contributed by atoms with van der Waals surface area (Å²) in [7, 11) is 0. The molecule has 0 fully saturated rings. The summed E-state index contributed by atoms with van der Waals surface area (Å²) in [5, 5.41) is 0. The molecule has 0 amide bonds. The van der Waals surface area contributed by atoms with Gasteiger partial charge >= 0.3 is 0 Å². The zero-order chi connectivity index (χ0) is 13.4. The van der Waals surface area contributed by atoms with Crippen LogP contribution in [0.5, 0.6) is 0 Å². The van der Waals surface area contributed by atoms with Crippen LogP contribution in [0, 0.1) is 5.82 Å². The van der Waals surface area contributed by atoms with Gasteiger partial charge in [-0.2, -0.15) is 0 Å². The standard InChI is InChI=1S/C16H13FN2/c1-11-15-10-13(17)8-9-16(15)18-12(2)19(11)14-6-4-3-5-7-14/h3-10H,1H2,2H3. The summed E-state index contributed by atoms with van der Waals surface area (Å²) in [5.74, 6) is 0.554. The van der Waals surface area contributed by atoms with E-state index in [9.17, 15) is 4.39 Å². The van der Waals surface area contributed by atoms with Crippen LogP contribution in [0.25, 0.3) is 5.70 Å². The van der Waals surface area contributed by atoms with Crippen LogP contribution < -0.4 is 4.90 Å². The lowest BCUT2D eigenvalue weighted by Crippen LogP contribution is -2.28. The van der Waals surface area contributed by atoms with Crippen molar-refractivity contribution in [3.05, 3.63) is 66.5 Å². The maximum Gasteiger partial charge on any atom is 0.124 e. The lowest BCUT2D eigenvalue weighted by atomic mass is 10.1. The first kappa shape index (κ1) is 11.7. The second-order valence-electron chi connectivity index (χ2n) is 4.44. The highest BCUT2D eigenvalue weighted by Crippen LogP contribution is 2.36. The third-order valence-electron chi connectivity index (χ3n) is 3.16. The Morgan fingerprint density at radius 3 is 2.58 bits per heavy atom. The first-order valence-corrected chi connectivity index (χ1v) is 6.06. The predicted octanol–water partition coefficient (Wildman–Crippen LogP) is 4.37. The zero-order valence-corrected chi connectivity index (χ0v) is 10.6. The van der Waals surface area contributed by atoms with Crippen LogP contribution in [0.4, 0.5) is 15.8 Å². The minimum Gasteiger partial charge on any atom is -0.299 e. The Bertz CT molecular complexity index is 674. The van der Waals surface area contributed by atoms with Gasteiger partial charge in [-0.3, -0.25) is 4.90 Å². The molecule has 1 aliphatic rings. The van der Waals surface area contributed by atoms with Gasteiger partial charge in [0.25, 0.3) is 0 Å². The Hall–Kier alpha value is -2.42. The van der Waals surface area contributed by atoms with Gasteiger partial charge in [-0.1, -0.05) is 24.8 Å². The van der Waals surface area contributed by atoms with Crippen molar-refractivity contribution in [1.82, 2.24) is 0 Å². The first-order valence-electron chi connectivity index (χ1n) is 6.06. The molecule has 0 saturated carbocycles. The Kier molecular flexibility index (Phi) is 2.67. The van der Waals surface area contributed by atoms with E-state index >= 15 is 0 Å². The molecule has 1 heterocycles. The lowest BCUT2D eigenvalue weighted by Gasteiger charge is -2.30. The number of benzene rings is 2. The Balaban J connectivity index is 2.14. The summed E-state index contributed by atoms with van der Waals surface area (Å²) < 4.78 is 13.4. The summed E-state index contributed by atoms with van der Waals surface area (Å²) in [6.07, 6.45) is 0. The minimum atomic E-state index is -0.275. The molecule has 94 valence electrons. The highest BCUT2D eigenvalue weighted by molar-refractivity contribution is 6.11.